The predicted molar refractivity (Wildman–Crippen MR) is 73.8 cm³/mol. The summed E-state index contributed by atoms with van der Waals surface area (Å²) in [5.41, 5.74) is 3.03. The normalized spacial score (nSPS) is 20.3. The van der Waals surface area contributed by atoms with E-state index >= 15 is 0 Å². The maximum absolute atomic E-state index is 5.77. The largest absolute Gasteiger partial charge is 0.338 e. The van der Waals surface area contributed by atoms with Gasteiger partial charge in [0.2, 0.25) is 0 Å². The monoisotopic (exact) mass is 250 g/mol. The van der Waals surface area contributed by atoms with Crippen LogP contribution in [0.3, 0.4) is 0 Å². The molecule has 1 saturated carbocycles. The van der Waals surface area contributed by atoms with Crippen LogP contribution in [0.2, 0.25) is 0 Å². The summed E-state index contributed by atoms with van der Waals surface area (Å²) in [6, 6.07) is 0.365. The van der Waals surface area contributed by atoms with Gasteiger partial charge in [-0.05, 0) is 18.8 Å². The van der Waals surface area contributed by atoms with E-state index in [1.807, 2.05) is 19.4 Å². The smallest absolute Gasteiger partial charge is 0.109 e. The van der Waals surface area contributed by atoms with Crippen molar-refractivity contribution in [2.75, 3.05) is 0 Å². The van der Waals surface area contributed by atoms with Crippen molar-refractivity contribution in [2.24, 2.45) is 18.8 Å². The molecule has 1 aromatic rings. The first-order valence-corrected chi connectivity index (χ1v) is 7.23. The fourth-order valence-corrected chi connectivity index (χ4v) is 3.04. The van der Waals surface area contributed by atoms with Crippen LogP contribution in [0.5, 0.6) is 0 Å². The van der Waals surface area contributed by atoms with Gasteiger partial charge in [0, 0.05) is 31.9 Å². The molecule has 3 N–H and O–H groups in total. The molecule has 0 aromatic carbocycles. The van der Waals surface area contributed by atoms with Gasteiger partial charge in [0.1, 0.15) is 5.82 Å². The van der Waals surface area contributed by atoms with Gasteiger partial charge in [-0.2, -0.15) is 0 Å². The van der Waals surface area contributed by atoms with Gasteiger partial charge >= 0.3 is 0 Å². The van der Waals surface area contributed by atoms with Gasteiger partial charge in [-0.25, -0.2) is 4.98 Å². The Kier molecular flexibility index (Phi) is 5.20. The van der Waals surface area contributed by atoms with Gasteiger partial charge in [0.25, 0.3) is 0 Å². The van der Waals surface area contributed by atoms with Crippen molar-refractivity contribution in [1.82, 2.24) is 15.0 Å². The minimum absolute atomic E-state index is 0.365. The number of nitrogens with one attached hydrogen (secondary N) is 1. The van der Waals surface area contributed by atoms with E-state index in [9.17, 15) is 0 Å². The molecule has 18 heavy (non-hydrogen) atoms. The van der Waals surface area contributed by atoms with Gasteiger partial charge in [0.15, 0.2) is 0 Å². The molecule has 1 unspecified atom stereocenters. The number of aryl methyl sites for hydroxylation is 1. The minimum Gasteiger partial charge on any atom is -0.338 e. The van der Waals surface area contributed by atoms with Gasteiger partial charge in [0.05, 0.1) is 0 Å². The molecule has 1 atom stereocenters. The second-order valence-electron chi connectivity index (χ2n) is 5.54. The zero-order chi connectivity index (χ0) is 12.8. The summed E-state index contributed by atoms with van der Waals surface area (Å²) in [5, 5.41) is 0. The Hall–Kier alpha value is -0.870. The molecule has 0 spiro atoms. The summed E-state index contributed by atoms with van der Waals surface area (Å²) >= 11 is 0. The van der Waals surface area contributed by atoms with Crippen LogP contribution in [-0.4, -0.2) is 15.6 Å². The number of nitrogens with zero attached hydrogens (tertiary/aromatic N) is 2. The number of imidazole rings is 1. The molecule has 1 heterocycles. The molecule has 4 nitrogen and oxygen atoms in total. The van der Waals surface area contributed by atoms with E-state index in [2.05, 4.69) is 15.0 Å². The van der Waals surface area contributed by atoms with Crippen LogP contribution in [0.1, 0.15) is 50.8 Å². The van der Waals surface area contributed by atoms with Gasteiger partial charge in [-0.1, -0.05) is 32.1 Å². The highest BCUT2D eigenvalue weighted by Gasteiger charge is 2.22. The molecule has 4 heteroatoms. The Morgan fingerprint density at radius 3 is 2.56 bits per heavy atom. The minimum atomic E-state index is 0.365. The Labute approximate surface area is 110 Å². The number of hydrogen-bond acceptors (Lipinski definition) is 3. The second-order valence-corrected chi connectivity index (χ2v) is 5.54. The predicted octanol–water partition coefficient (Wildman–Crippen LogP) is 2.15. The summed E-state index contributed by atoms with van der Waals surface area (Å²) in [6.07, 6.45) is 14.3. The topological polar surface area (TPSA) is 55.9 Å². The Morgan fingerprint density at radius 1 is 1.33 bits per heavy atom. The first kappa shape index (κ1) is 13.6. The van der Waals surface area contributed by atoms with Crippen molar-refractivity contribution < 1.29 is 0 Å². The molecule has 1 aliphatic rings. The summed E-state index contributed by atoms with van der Waals surface area (Å²) in [6.45, 7) is 0. The quantitative estimate of drug-likeness (QED) is 0.636. The molecule has 1 aromatic heterocycles. The summed E-state index contributed by atoms with van der Waals surface area (Å²) in [4.78, 5) is 4.41. The van der Waals surface area contributed by atoms with Crippen LogP contribution < -0.4 is 11.3 Å². The number of aromatic nitrogens is 2. The van der Waals surface area contributed by atoms with E-state index in [-0.39, 0.29) is 0 Å². The molecule has 0 amide bonds. The highest BCUT2D eigenvalue weighted by molar-refractivity contribution is 4.95. The number of hydrazine groups is 1. The maximum atomic E-state index is 5.77. The van der Waals surface area contributed by atoms with E-state index < -0.39 is 0 Å². The highest BCUT2D eigenvalue weighted by Crippen LogP contribution is 2.26. The lowest BCUT2D eigenvalue weighted by Gasteiger charge is -2.28. The van der Waals surface area contributed by atoms with Crippen molar-refractivity contribution in [3.63, 3.8) is 0 Å². The number of rotatable bonds is 4. The first-order chi connectivity index (χ1) is 8.81. The average molecular weight is 250 g/mol. The van der Waals surface area contributed by atoms with Crippen molar-refractivity contribution in [1.29, 1.82) is 0 Å². The van der Waals surface area contributed by atoms with Crippen LogP contribution in [0.25, 0.3) is 0 Å². The Bertz CT molecular complexity index is 339. The average Bonchev–Trinajstić information content (AvgIpc) is 2.72. The van der Waals surface area contributed by atoms with E-state index in [1.165, 1.54) is 44.9 Å². The van der Waals surface area contributed by atoms with Crippen molar-refractivity contribution in [3.8, 4) is 0 Å². The summed E-state index contributed by atoms with van der Waals surface area (Å²) in [7, 11) is 2.05. The molecule has 102 valence electrons. The third-order valence-electron chi connectivity index (χ3n) is 4.26. The highest BCUT2D eigenvalue weighted by atomic mass is 15.2. The summed E-state index contributed by atoms with van der Waals surface area (Å²) in [5.74, 6) is 7.60. The molecular formula is C14H26N4. The van der Waals surface area contributed by atoms with Crippen LogP contribution in [0, 0.1) is 5.92 Å². The van der Waals surface area contributed by atoms with E-state index in [0.29, 0.717) is 12.0 Å². The van der Waals surface area contributed by atoms with Crippen LogP contribution in [-0.2, 0) is 13.5 Å². The lowest BCUT2D eigenvalue weighted by atomic mass is 9.84. The fourth-order valence-electron chi connectivity index (χ4n) is 3.04. The standard InChI is InChI=1S/C14H26N4/c1-18-10-9-16-14(18)11-13(17-15)12-7-5-3-2-4-6-8-12/h9-10,12-13,17H,2-8,11,15H2,1H3. The van der Waals surface area contributed by atoms with Gasteiger partial charge < -0.3 is 4.57 Å². The Balaban J connectivity index is 1.95. The first-order valence-electron chi connectivity index (χ1n) is 7.23. The van der Waals surface area contributed by atoms with Crippen molar-refractivity contribution in [2.45, 2.75) is 57.4 Å². The number of nitrogens with two attached hydrogens (primary N) is 1. The maximum Gasteiger partial charge on any atom is 0.109 e. The zero-order valence-corrected chi connectivity index (χ0v) is 11.4. The second kappa shape index (κ2) is 6.90. The molecule has 1 aliphatic carbocycles. The van der Waals surface area contributed by atoms with Crippen molar-refractivity contribution >= 4 is 0 Å². The van der Waals surface area contributed by atoms with Crippen LogP contribution in [0.4, 0.5) is 0 Å². The van der Waals surface area contributed by atoms with Crippen LogP contribution in [0.15, 0.2) is 12.4 Å². The molecular weight excluding hydrogens is 224 g/mol. The molecule has 0 aliphatic heterocycles. The Morgan fingerprint density at radius 2 is 2.00 bits per heavy atom. The molecule has 0 saturated heterocycles. The SMILES string of the molecule is Cn1ccnc1CC(NN)C1CCCCCCC1. The third kappa shape index (κ3) is 3.56. The molecule has 1 fully saturated rings. The fraction of sp³-hybridized carbons (Fsp3) is 0.786. The van der Waals surface area contributed by atoms with Crippen LogP contribution >= 0.6 is 0 Å². The van der Waals surface area contributed by atoms with E-state index in [0.717, 1.165) is 12.2 Å². The number of hydrogen-bond donors (Lipinski definition) is 2. The summed E-state index contributed by atoms with van der Waals surface area (Å²) < 4.78 is 2.09. The lowest BCUT2D eigenvalue weighted by molar-refractivity contribution is 0.281. The third-order valence-corrected chi connectivity index (χ3v) is 4.26. The van der Waals surface area contributed by atoms with Gasteiger partial charge in [-0.3, -0.25) is 11.3 Å². The lowest BCUT2D eigenvalue weighted by Crippen LogP contribution is -2.43. The van der Waals surface area contributed by atoms with Gasteiger partial charge in [-0.15, -0.1) is 0 Å². The molecule has 0 bridgehead atoms. The van der Waals surface area contributed by atoms with Crippen molar-refractivity contribution in [3.05, 3.63) is 18.2 Å². The molecule has 2 rings (SSSR count). The molecule has 0 radical (unpaired) electrons. The van der Waals surface area contributed by atoms with E-state index in [1.54, 1.807) is 0 Å². The van der Waals surface area contributed by atoms with E-state index in [4.69, 9.17) is 5.84 Å². The zero-order valence-electron chi connectivity index (χ0n) is 11.4.